The number of nitrogens with one attached hydrogen (secondary N) is 1. The van der Waals surface area contributed by atoms with Gasteiger partial charge in [-0.2, -0.15) is 0 Å². The predicted octanol–water partition coefficient (Wildman–Crippen LogP) is 5.53. The number of amides is 1. The summed E-state index contributed by atoms with van der Waals surface area (Å²) in [5, 5.41) is 3.08. The Hall–Kier alpha value is -2.29. The minimum Gasteiger partial charge on any atom is -0.493 e. The largest absolute Gasteiger partial charge is 0.493 e. The van der Waals surface area contributed by atoms with E-state index in [0.29, 0.717) is 25.4 Å². The molecule has 2 rings (SSSR count). The van der Waals surface area contributed by atoms with Crippen molar-refractivity contribution in [1.29, 1.82) is 0 Å². The molecule has 0 bridgehead atoms. The van der Waals surface area contributed by atoms with Gasteiger partial charge < -0.3 is 10.1 Å². The number of para-hydroxylation sites is 1. The number of hydrogen-bond acceptors (Lipinski definition) is 2. The van der Waals surface area contributed by atoms with Gasteiger partial charge in [-0.1, -0.05) is 49.7 Å². The fourth-order valence-corrected chi connectivity index (χ4v) is 2.92. The van der Waals surface area contributed by atoms with Gasteiger partial charge in [-0.05, 0) is 55.9 Å². The molecule has 2 aromatic rings. The van der Waals surface area contributed by atoms with Crippen LogP contribution in [0.25, 0.3) is 0 Å². The van der Waals surface area contributed by atoms with Gasteiger partial charge in [-0.3, -0.25) is 4.79 Å². The van der Waals surface area contributed by atoms with Crippen LogP contribution in [0.2, 0.25) is 0 Å². The lowest BCUT2D eigenvalue weighted by Gasteiger charge is -2.16. The molecule has 0 aliphatic rings. The van der Waals surface area contributed by atoms with E-state index in [2.05, 4.69) is 38.2 Å². The Morgan fingerprint density at radius 2 is 1.84 bits per heavy atom. The van der Waals surface area contributed by atoms with Gasteiger partial charge in [-0.25, -0.2) is 0 Å². The fraction of sp³-hybridized carbons (Fsp3) is 0.409. The van der Waals surface area contributed by atoms with Gasteiger partial charge >= 0.3 is 0 Å². The number of carbonyl (C=O) groups is 1. The average Bonchev–Trinajstić information content (AvgIpc) is 2.55. The molecule has 3 nitrogen and oxygen atoms in total. The number of aryl methyl sites for hydroxylation is 3. The molecule has 0 aliphatic heterocycles. The number of hydrogen-bond donors (Lipinski definition) is 1. The molecule has 1 N–H and O–H groups in total. The molecule has 3 heteroatoms. The van der Waals surface area contributed by atoms with Crippen LogP contribution in [-0.2, 0) is 4.79 Å². The summed E-state index contributed by atoms with van der Waals surface area (Å²) in [6.45, 7) is 11.0. The molecule has 1 amide bonds. The molecule has 0 unspecified atom stereocenters. The van der Waals surface area contributed by atoms with Crippen molar-refractivity contribution < 1.29 is 9.53 Å². The highest BCUT2D eigenvalue weighted by molar-refractivity contribution is 5.92. The van der Waals surface area contributed by atoms with Crippen molar-refractivity contribution >= 4 is 11.6 Å². The predicted molar refractivity (Wildman–Crippen MR) is 105 cm³/mol. The van der Waals surface area contributed by atoms with E-state index >= 15 is 0 Å². The Morgan fingerprint density at radius 3 is 2.52 bits per heavy atom. The second-order valence-corrected chi connectivity index (χ2v) is 6.96. The molecule has 0 spiro atoms. The molecule has 0 atom stereocenters. The number of anilines is 1. The van der Waals surface area contributed by atoms with Crippen LogP contribution in [-0.4, -0.2) is 12.5 Å². The summed E-state index contributed by atoms with van der Waals surface area (Å²) < 4.78 is 5.80. The highest BCUT2D eigenvalue weighted by Gasteiger charge is 2.12. The molecular formula is C22H29NO2. The molecule has 134 valence electrons. The van der Waals surface area contributed by atoms with Crippen LogP contribution in [0.5, 0.6) is 5.75 Å². The highest BCUT2D eigenvalue weighted by Crippen LogP contribution is 2.27. The summed E-state index contributed by atoms with van der Waals surface area (Å²) in [4.78, 5) is 12.3. The van der Waals surface area contributed by atoms with Crippen molar-refractivity contribution in [3.8, 4) is 5.75 Å². The van der Waals surface area contributed by atoms with Crippen LogP contribution in [0.1, 0.15) is 54.9 Å². The van der Waals surface area contributed by atoms with Gasteiger partial charge in [-0.15, -0.1) is 0 Å². The van der Waals surface area contributed by atoms with Crippen molar-refractivity contribution in [2.24, 2.45) is 0 Å². The molecule has 0 radical (unpaired) electrons. The maximum Gasteiger partial charge on any atom is 0.224 e. The first-order valence-electron chi connectivity index (χ1n) is 8.98. The number of ether oxygens (including phenoxy) is 1. The van der Waals surface area contributed by atoms with Crippen LogP contribution in [0, 0.1) is 20.8 Å². The normalized spacial score (nSPS) is 10.8. The Bertz CT molecular complexity index is 735. The van der Waals surface area contributed by atoms with Crippen molar-refractivity contribution in [3.05, 3.63) is 58.7 Å². The van der Waals surface area contributed by atoms with E-state index in [-0.39, 0.29) is 5.91 Å². The molecular weight excluding hydrogens is 310 g/mol. The quantitative estimate of drug-likeness (QED) is 0.673. The van der Waals surface area contributed by atoms with Crippen molar-refractivity contribution in [2.45, 2.75) is 53.4 Å². The van der Waals surface area contributed by atoms with Gasteiger partial charge in [0.2, 0.25) is 5.91 Å². The van der Waals surface area contributed by atoms with Crippen molar-refractivity contribution in [3.63, 3.8) is 0 Å². The SMILES string of the molecule is Cc1ccc(OCCCC(=O)Nc2c(C)cccc2C(C)C)c(C)c1. The van der Waals surface area contributed by atoms with Gasteiger partial charge in [0.15, 0.2) is 0 Å². The van der Waals surface area contributed by atoms with Crippen LogP contribution in [0.3, 0.4) is 0 Å². The topological polar surface area (TPSA) is 38.3 Å². The molecule has 2 aromatic carbocycles. The first kappa shape index (κ1) is 19.0. The minimum atomic E-state index is 0.0421. The molecule has 0 heterocycles. The molecule has 0 fully saturated rings. The van der Waals surface area contributed by atoms with E-state index in [9.17, 15) is 4.79 Å². The van der Waals surface area contributed by atoms with Crippen LogP contribution in [0.15, 0.2) is 36.4 Å². The standard InChI is InChI=1S/C22H29NO2/c1-15(2)19-9-6-8-17(4)22(19)23-21(24)10-7-13-25-20-12-11-16(3)14-18(20)5/h6,8-9,11-12,14-15H,7,10,13H2,1-5H3,(H,23,24). The third-order valence-corrected chi connectivity index (χ3v) is 4.33. The van der Waals surface area contributed by atoms with Crippen molar-refractivity contribution in [2.75, 3.05) is 11.9 Å². The van der Waals surface area contributed by atoms with Gasteiger partial charge in [0.1, 0.15) is 5.75 Å². The fourth-order valence-electron chi connectivity index (χ4n) is 2.92. The first-order valence-corrected chi connectivity index (χ1v) is 8.98. The zero-order valence-corrected chi connectivity index (χ0v) is 16.0. The second-order valence-electron chi connectivity index (χ2n) is 6.96. The van der Waals surface area contributed by atoms with Crippen molar-refractivity contribution in [1.82, 2.24) is 0 Å². The molecule has 0 aromatic heterocycles. The number of rotatable bonds is 7. The summed E-state index contributed by atoms with van der Waals surface area (Å²) in [5.41, 5.74) is 5.60. The van der Waals surface area contributed by atoms with E-state index in [1.54, 1.807) is 0 Å². The maximum atomic E-state index is 12.3. The van der Waals surface area contributed by atoms with E-state index in [4.69, 9.17) is 4.74 Å². The summed E-state index contributed by atoms with van der Waals surface area (Å²) in [6, 6.07) is 12.3. The Morgan fingerprint density at radius 1 is 1.08 bits per heavy atom. The van der Waals surface area contributed by atoms with E-state index in [1.807, 2.05) is 38.1 Å². The third kappa shape index (κ3) is 5.35. The number of carbonyl (C=O) groups excluding carboxylic acids is 1. The van der Waals surface area contributed by atoms with Crippen LogP contribution in [0.4, 0.5) is 5.69 Å². The zero-order valence-electron chi connectivity index (χ0n) is 16.0. The maximum absolute atomic E-state index is 12.3. The Balaban J connectivity index is 1.85. The summed E-state index contributed by atoms with van der Waals surface area (Å²) in [6.07, 6.45) is 1.15. The van der Waals surface area contributed by atoms with Crippen LogP contribution < -0.4 is 10.1 Å². The average molecular weight is 339 g/mol. The van der Waals surface area contributed by atoms with E-state index in [0.717, 1.165) is 22.6 Å². The summed E-state index contributed by atoms with van der Waals surface area (Å²) >= 11 is 0. The molecule has 0 saturated heterocycles. The van der Waals surface area contributed by atoms with Gasteiger partial charge in [0, 0.05) is 12.1 Å². The van der Waals surface area contributed by atoms with Gasteiger partial charge in [0.25, 0.3) is 0 Å². The lowest BCUT2D eigenvalue weighted by Crippen LogP contribution is -2.15. The second kappa shape index (κ2) is 8.70. The third-order valence-electron chi connectivity index (χ3n) is 4.33. The molecule has 0 aliphatic carbocycles. The summed E-state index contributed by atoms with van der Waals surface area (Å²) in [7, 11) is 0. The Kier molecular flexibility index (Phi) is 6.63. The first-order chi connectivity index (χ1) is 11.9. The highest BCUT2D eigenvalue weighted by atomic mass is 16.5. The summed E-state index contributed by atoms with van der Waals surface area (Å²) in [5.74, 6) is 1.32. The monoisotopic (exact) mass is 339 g/mol. The number of benzene rings is 2. The Labute approximate surface area is 151 Å². The smallest absolute Gasteiger partial charge is 0.224 e. The molecule has 25 heavy (non-hydrogen) atoms. The molecule has 0 saturated carbocycles. The minimum absolute atomic E-state index is 0.0421. The van der Waals surface area contributed by atoms with Crippen LogP contribution >= 0.6 is 0 Å². The lowest BCUT2D eigenvalue weighted by molar-refractivity contribution is -0.116. The zero-order chi connectivity index (χ0) is 18.4. The lowest BCUT2D eigenvalue weighted by atomic mass is 9.98. The van der Waals surface area contributed by atoms with E-state index < -0.39 is 0 Å². The van der Waals surface area contributed by atoms with E-state index in [1.165, 1.54) is 11.1 Å². The van der Waals surface area contributed by atoms with Gasteiger partial charge in [0.05, 0.1) is 6.61 Å².